The monoisotopic (exact) mass is 405 g/mol. The van der Waals surface area contributed by atoms with Gasteiger partial charge in [-0.3, -0.25) is 4.55 Å². The first kappa shape index (κ1) is 26.9. The van der Waals surface area contributed by atoms with Crippen molar-refractivity contribution in [3.63, 3.8) is 0 Å². The van der Waals surface area contributed by atoms with E-state index >= 15 is 0 Å². The minimum atomic E-state index is -4.08. The predicted octanol–water partition coefficient (Wildman–Crippen LogP) is 7.15. The first-order valence-corrected chi connectivity index (χ1v) is 13.0. The summed E-state index contributed by atoms with van der Waals surface area (Å²) in [6.07, 6.45) is 21.8. The molecule has 0 rings (SSSR count). The van der Waals surface area contributed by atoms with Crippen molar-refractivity contribution in [2.24, 2.45) is 0 Å². The van der Waals surface area contributed by atoms with Gasteiger partial charge in [-0.1, -0.05) is 117 Å². The highest BCUT2D eigenvalue weighted by Gasteiger charge is 2.23. The van der Waals surface area contributed by atoms with E-state index in [9.17, 15) is 13.0 Å². The summed E-state index contributed by atoms with van der Waals surface area (Å²) in [6, 6.07) is -0.0554. The lowest BCUT2D eigenvalue weighted by atomic mass is 10.00. The van der Waals surface area contributed by atoms with Crippen molar-refractivity contribution in [3.05, 3.63) is 0 Å². The second kappa shape index (κ2) is 17.9. The minimum absolute atomic E-state index is 0.0554. The number of rotatable bonds is 20. The molecule has 1 N–H and O–H groups in total. The maximum atomic E-state index is 11.5. The van der Waals surface area contributed by atoms with Gasteiger partial charge in [0.1, 0.15) is 0 Å². The van der Waals surface area contributed by atoms with Crippen LogP contribution in [0, 0.1) is 0 Å². The molecular weight excluding hydrogens is 358 g/mol. The van der Waals surface area contributed by atoms with Gasteiger partial charge in [0, 0.05) is 13.1 Å². The molecule has 4 nitrogen and oxygen atoms in total. The Morgan fingerprint density at radius 2 is 0.926 bits per heavy atom. The van der Waals surface area contributed by atoms with Crippen LogP contribution in [0.25, 0.3) is 0 Å². The van der Waals surface area contributed by atoms with Crippen molar-refractivity contribution in [1.82, 2.24) is 4.31 Å². The Balaban J connectivity index is 3.99. The molecule has 0 aliphatic carbocycles. The molecule has 0 aromatic heterocycles. The Labute approximate surface area is 170 Å². The normalized spacial score (nSPS) is 12.4. The van der Waals surface area contributed by atoms with E-state index in [1.54, 1.807) is 0 Å². The van der Waals surface area contributed by atoms with E-state index < -0.39 is 10.3 Å². The fraction of sp³-hybridized carbons (Fsp3) is 1.00. The van der Waals surface area contributed by atoms with E-state index in [2.05, 4.69) is 13.8 Å². The topological polar surface area (TPSA) is 57.6 Å². The van der Waals surface area contributed by atoms with Gasteiger partial charge in [0.15, 0.2) is 0 Å². The third kappa shape index (κ3) is 16.5. The second-order valence-electron chi connectivity index (χ2n) is 8.17. The lowest BCUT2D eigenvalue weighted by Gasteiger charge is -2.25. The highest BCUT2D eigenvalue weighted by atomic mass is 32.2. The van der Waals surface area contributed by atoms with E-state index in [0.717, 1.165) is 25.7 Å². The highest BCUT2D eigenvalue weighted by molar-refractivity contribution is 7.83. The summed E-state index contributed by atoms with van der Waals surface area (Å²) in [7, 11) is -2.56. The molecular formula is C22H47NO3S. The van der Waals surface area contributed by atoms with E-state index in [-0.39, 0.29) is 6.04 Å². The maximum Gasteiger partial charge on any atom is 0.335 e. The average Bonchev–Trinajstić information content (AvgIpc) is 2.63. The molecule has 0 radical (unpaired) electrons. The molecule has 27 heavy (non-hydrogen) atoms. The number of hydrogen-bond donors (Lipinski definition) is 1. The summed E-state index contributed by atoms with van der Waals surface area (Å²) in [5.41, 5.74) is 0. The summed E-state index contributed by atoms with van der Waals surface area (Å²) >= 11 is 0. The largest absolute Gasteiger partial charge is 0.335 e. The van der Waals surface area contributed by atoms with Gasteiger partial charge in [0.2, 0.25) is 0 Å². The minimum Gasteiger partial charge on any atom is -0.273 e. The number of nitrogens with zero attached hydrogens (tertiary/aromatic N) is 1. The quantitative estimate of drug-likeness (QED) is 0.173. The summed E-state index contributed by atoms with van der Waals surface area (Å²) in [4.78, 5) is 0. The molecule has 0 aromatic rings. The van der Waals surface area contributed by atoms with Gasteiger partial charge in [-0.25, -0.2) is 0 Å². The van der Waals surface area contributed by atoms with E-state index in [1.807, 2.05) is 0 Å². The maximum absolute atomic E-state index is 11.5. The Bertz CT molecular complexity index is 392. The van der Waals surface area contributed by atoms with Gasteiger partial charge < -0.3 is 0 Å². The number of unbranched alkanes of at least 4 members (excludes halogenated alkanes) is 14. The van der Waals surface area contributed by atoms with Crippen molar-refractivity contribution >= 4 is 10.3 Å². The van der Waals surface area contributed by atoms with Crippen LogP contribution in [0.2, 0.25) is 0 Å². The van der Waals surface area contributed by atoms with Crippen LogP contribution in [-0.4, -0.2) is 30.4 Å². The smallest absolute Gasteiger partial charge is 0.273 e. The molecule has 0 amide bonds. The molecule has 0 atom stereocenters. The molecule has 0 aliphatic rings. The van der Waals surface area contributed by atoms with Crippen LogP contribution < -0.4 is 0 Å². The second-order valence-corrected chi connectivity index (χ2v) is 9.65. The van der Waals surface area contributed by atoms with E-state index in [0.29, 0.717) is 0 Å². The molecule has 0 saturated carbocycles. The molecule has 0 aromatic carbocycles. The van der Waals surface area contributed by atoms with E-state index in [4.69, 9.17) is 0 Å². The van der Waals surface area contributed by atoms with Crippen molar-refractivity contribution in [2.45, 2.75) is 135 Å². The predicted molar refractivity (Wildman–Crippen MR) is 118 cm³/mol. The van der Waals surface area contributed by atoms with Gasteiger partial charge in [0.25, 0.3) is 0 Å². The Morgan fingerprint density at radius 1 is 0.630 bits per heavy atom. The highest BCUT2D eigenvalue weighted by Crippen LogP contribution is 2.20. The van der Waals surface area contributed by atoms with Crippen molar-refractivity contribution in [3.8, 4) is 0 Å². The van der Waals surface area contributed by atoms with Crippen LogP contribution in [-0.2, 0) is 10.3 Å². The molecule has 0 saturated heterocycles. The molecule has 164 valence electrons. The molecule has 0 heterocycles. The Kier molecular flexibility index (Phi) is 17.8. The Hall–Kier alpha value is -0.130. The zero-order chi connectivity index (χ0) is 20.4. The van der Waals surface area contributed by atoms with Gasteiger partial charge in [0.05, 0.1) is 0 Å². The molecule has 0 spiro atoms. The molecule has 5 heteroatoms. The van der Waals surface area contributed by atoms with Crippen LogP contribution >= 0.6 is 0 Å². The van der Waals surface area contributed by atoms with Crippen LogP contribution in [0.5, 0.6) is 0 Å². The number of hydrogen-bond acceptors (Lipinski definition) is 2. The van der Waals surface area contributed by atoms with E-state index in [1.165, 1.54) is 101 Å². The van der Waals surface area contributed by atoms with Crippen molar-refractivity contribution in [1.29, 1.82) is 0 Å². The SMILES string of the molecule is CCCCCCCCCCC(CCCCCCCCCC)N(C)S(=O)(=O)O. The fourth-order valence-electron chi connectivity index (χ4n) is 3.72. The zero-order valence-corrected chi connectivity index (χ0v) is 19.2. The third-order valence-corrected chi connectivity index (χ3v) is 6.69. The zero-order valence-electron chi connectivity index (χ0n) is 18.4. The van der Waals surface area contributed by atoms with Gasteiger partial charge in [-0.05, 0) is 12.8 Å². The molecule has 0 bridgehead atoms. The Morgan fingerprint density at radius 3 is 1.22 bits per heavy atom. The van der Waals surface area contributed by atoms with Gasteiger partial charge in [-0.15, -0.1) is 0 Å². The first-order valence-electron chi connectivity index (χ1n) is 11.6. The van der Waals surface area contributed by atoms with Crippen LogP contribution in [0.4, 0.5) is 0 Å². The van der Waals surface area contributed by atoms with Crippen LogP contribution in [0.3, 0.4) is 0 Å². The molecule has 0 unspecified atom stereocenters. The first-order chi connectivity index (χ1) is 12.9. The van der Waals surface area contributed by atoms with Crippen molar-refractivity contribution in [2.75, 3.05) is 7.05 Å². The van der Waals surface area contributed by atoms with Gasteiger partial charge in [-0.2, -0.15) is 12.7 Å². The fourth-order valence-corrected chi connectivity index (χ4v) is 4.31. The standard InChI is InChI=1S/C22H47NO3S/c1-4-6-8-10-12-14-16-18-20-22(23(3)27(24,25)26)21-19-17-15-13-11-9-7-5-2/h22H,4-21H2,1-3H3,(H,24,25,26). The summed E-state index contributed by atoms with van der Waals surface area (Å²) in [6.45, 7) is 4.47. The summed E-state index contributed by atoms with van der Waals surface area (Å²) < 4.78 is 33.6. The lowest BCUT2D eigenvalue weighted by molar-refractivity contribution is 0.285. The summed E-state index contributed by atoms with van der Waals surface area (Å²) in [5.74, 6) is 0. The summed E-state index contributed by atoms with van der Waals surface area (Å²) in [5, 5.41) is 0. The van der Waals surface area contributed by atoms with Crippen molar-refractivity contribution < 1.29 is 13.0 Å². The lowest BCUT2D eigenvalue weighted by Crippen LogP contribution is -2.36. The molecule has 0 fully saturated rings. The van der Waals surface area contributed by atoms with Crippen LogP contribution in [0.15, 0.2) is 0 Å². The molecule has 0 aliphatic heterocycles. The van der Waals surface area contributed by atoms with Crippen LogP contribution in [0.1, 0.15) is 129 Å². The average molecular weight is 406 g/mol. The third-order valence-electron chi connectivity index (χ3n) is 5.66. The van der Waals surface area contributed by atoms with Gasteiger partial charge >= 0.3 is 10.3 Å².